The molecule has 48 heavy (non-hydrogen) atoms. The third-order valence-electron chi connectivity index (χ3n) is 10.7. The van der Waals surface area contributed by atoms with Crippen molar-refractivity contribution in [2.24, 2.45) is 0 Å². The van der Waals surface area contributed by atoms with Crippen LogP contribution in [0.1, 0.15) is 109 Å². The van der Waals surface area contributed by atoms with Crippen molar-refractivity contribution in [2.45, 2.75) is 193 Å². The fourth-order valence-electron chi connectivity index (χ4n) is 6.22. The number of hydrogen-bond acceptors (Lipinski definition) is 8. The predicted molar refractivity (Wildman–Crippen MR) is 194 cm³/mol. The third kappa shape index (κ3) is 9.66. The van der Waals surface area contributed by atoms with Crippen LogP contribution in [0.3, 0.4) is 0 Å². The zero-order valence-electron chi connectivity index (χ0n) is 32.8. The molecule has 276 valence electrons. The summed E-state index contributed by atoms with van der Waals surface area (Å²) in [4.78, 5) is 44.0. The number of esters is 1. The standard InChI is InChI=1S/C36H66N2O8Si2/c1-33(2,3)44-31(40)37-24(17-19-26(37)28-21-22-30(39)43-28)25-18-20-27(38(25)32(41)45-34(4,5)6)29(46-48(15,16)36(10,11)12)23-42-47(13,14)35(7,8)9/h21-22,24-29H,17-20,23H2,1-16H3/t24-,25+,26-,27-,28-,29-/m1/s1. The summed E-state index contributed by atoms with van der Waals surface area (Å²) >= 11 is 0. The number of rotatable bonds is 8. The van der Waals surface area contributed by atoms with Gasteiger partial charge in [-0.15, -0.1) is 0 Å². The van der Waals surface area contributed by atoms with Gasteiger partial charge in [-0.05, 0) is 110 Å². The number of ether oxygens (including phenoxy) is 3. The first-order valence-electron chi connectivity index (χ1n) is 17.8. The lowest BCUT2D eigenvalue weighted by Crippen LogP contribution is -2.60. The normalized spacial score (nSPS) is 26.6. The molecule has 12 heteroatoms. The Morgan fingerprint density at radius 1 is 0.750 bits per heavy atom. The van der Waals surface area contributed by atoms with E-state index in [0.717, 1.165) is 0 Å². The summed E-state index contributed by atoms with van der Waals surface area (Å²) in [5.41, 5.74) is -1.46. The van der Waals surface area contributed by atoms with Crippen LogP contribution in [0, 0.1) is 0 Å². The van der Waals surface area contributed by atoms with E-state index in [0.29, 0.717) is 32.3 Å². The molecule has 6 atom stereocenters. The molecule has 0 spiro atoms. The molecule has 10 nitrogen and oxygen atoms in total. The highest BCUT2D eigenvalue weighted by Gasteiger charge is 2.55. The fraction of sp³-hybridized carbons (Fsp3) is 0.861. The molecule has 2 saturated heterocycles. The molecule has 0 N–H and O–H groups in total. The van der Waals surface area contributed by atoms with Gasteiger partial charge in [0.1, 0.15) is 17.3 Å². The van der Waals surface area contributed by atoms with Crippen LogP contribution < -0.4 is 0 Å². The van der Waals surface area contributed by atoms with Crippen molar-refractivity contribution < 1.29 is 37.4 Å². The van der Waals surface area contributed by atoms with E-state index in [1.807, 2.05) is 46.4 Å². The Kier molecular flexibility index (Phi) is 11.8. The molecule has 2 amide bonds. The number of nitrogens with zero attached hydrogens (tertiary/aromatic N) is 2. The van der Waals surface area contributed by atoms with E-state index >= 15 is 0 Å². The highest BCUT2D eigenvalue weighted by atomic mass is 28.4. The average Bonchev–Trinajstić information content (AvgIpc) is 3.60. The Hall–Kier alpha value is -1.90. The number of carbonyl (C=O) groups excluding carboxylic acids is 3. The number of carbonyl (C=O) groups is 3. The molecular formula is C36H66N2O8Si2. The summed E-state index contributed by atoms with van der Waals surface area (Å²) in [6.07, 6.45) is 3.82. The number of hydrogen-bond donors (Lipinski definition) is 0. The minimum absolute atomic E-state index is 0.00248. The highest BCUT2D eigenvalue weighted by Crippen LogP contribution is 2.44. The minimum atomic E-state index is -2.32. The Morgan fingerprint density at radius 2 is 1.21 bits per heavy atom. The van der Waals surface area contributed by atoms with Crippen molar-refractivity contribution in [2.75, 3.05) is 6.61 Å². The second kappa shape index (κ2) is 14.0. The Bertz CT molecular complexity index is 1210. The number of cyclic esters (lactones) is 1. The molecule has 0 aromatic carbocycles. The summed E-state index contributed by atoms with van der Waals surface area (Å²) in [6.45, 7) is 33.8. The van der Waals surface area contributed by atoms with Crippen LogP contribution in [0.15, 0.2) is 12.2 Å². The summed E-state index contributed by atoms with van der Waals surface area (Å²) < 4.78 is 31.7. The molecule has 0 aromatic heterocycles. The van der Waals surface area contributed by atoms with Crippen molar-refractivity contribution >= 4 is 34.8 Å². The van der Waals surface area contributed by atoms with Gasteiger partial charge in [-0.2, -0.15) is 0 Å². The van der Waals surface area contributed by atoms with Gasteiger partial charge < -0.3 is 23.1 Å². The molecule has 0 aromatic rings. The molecule has 3 rings (SSSR count). The number of amides is 2. The van der Waals surface area contributed by atoms with Gasteiger partial charge in [0.25, 0.3) is 0 Å². The zero-order valence-corrected chi connectivity index (χ0v) is 34.8. The van der Waals surface area contributed by atoms with Crippen molar-refractivity contribution in [1.82, 2.24) is 9.80 Å². The SMILES string of the molecule is CC(C)(C)OC(=O)N1[C@@H]([C@H]2C=CC(=O)O2)CC[C@@H]1[C@@H]1CC[C@H]([C@@H](CO[Si](C)(C)C(C)(C)C)O[Si](C)(C)C(C)(C)C)N1C(=O)OC(C)(C)C. The smallest absolute Gasteiger partial charge is 0.411 e. The van der Waals surface area contributed by atoms with E-state index in [-0.39, 0.29) is 34.3 Å². The zero-order chi connectivity index (χ0) is 36.8. The Labute approximate surface area is 292 Å². The van der Waals surface area contributed by atoms with Crippen LogP contribution in [0.5, 0.6) is 0 Å². The quantitative estimate of drug-likeness (QED) is 0.141. The lowest BCUT2D eigenvalue weighted by Gasteiger charge is -2.46. The maximum absolute atomic E-state index is 14.4. The van der Waals surface area contributed by atoms with Gasteiger partial charge in [0.05, 0.1) is 36.9 Å². The molecular weight excluding hydrogens is 645 g/mol. The third-order valence-corrected chi connectivity index (χ3v) is 19.8. The van der Waals surface area contributed by atoms with Crippen LogP contribution in [0.2, 0.25) is 36.3 Å². The van der Waals surface area contributed by atoms with Gasteiger partial charge in [-0.25, -0.2) is 14.4 Å². The van der Waals surface area contributed by atoms with Gasteiger partial charge >= 0.3 is 18.2 Å². The topological polar surface area (TPSA) is 104 Å². The van der Waals surface area contributed by atoms with Crippen LogP contribution in [-0.2, 0) is 27.9 Å². The van der Waals surface area contributed by atoms with Crippen LogP contribution in [0.4, 0.5) is 9.59 Å². The molecule has 0 bridgehead atoms. The van der Waals surface area contributed by atoms with E-state index in [2.05, 4.69) is 67.7 Å². The van der Waals surface area contributed by atoms with E-state index in [1.165, 1.54) is 6.08 Å². The van der Waals surface area contributed by atoms with Gasteiger partial charge in [0, 0.05) is 6.08 Å². The largest absolute Gasteiger partial charge is 0.453 e. The Balaban J connectivity index is 2.09. The first kappa shape index (κ1) is 40.5. The average molecular weight is 711 g/mol. The molecule has 3 aliphatic rings. The number of likely N-dealkylation sites (tertiary alicyclic amines) is 2. The van der Waals surface area contributed by atoms with Crippen molar-refractivity contribution in [1.29, 1.82) is 0 Å². The maximum atomic E-state index is 14.4. The van der Waals surface area contributed by atoms with E-state index < -0.39 is 58.1 Å². The first-order chi connectivity index (χ1) is 21.5. The van der Waals surface area contributed by atoms with E-state index in [1.54, 1.807) is 11.0 Å². The van der Waals surface area contributed by atoms with Gasteiger partial charge in [-0.1, -0.05) is 41.5 Å². The lowest BCUT2D eigenvalue weighted by molar-refractivity contribution is -0.141. The molecule has 2 fully saturated rings. The molecule has 3 heterocycles. The second-order valence-corrected chi connectivity index (χ2v) is 28.5. The molecule has 0 saturated carbocycles. The molecule has 0 unspecified atom stereocenters. The summed E-state index contributed by atoms with van der Waals surface area (Å²) in [5, 5.41) is -0.0576. The molecule has 0 radical (unpaired) electrons. The second-order valence-electron chi connectivity index (χ2n) is 18.9. The van der Waals surface area contributed by atoms with E-state index in [4.69, 9.17) is 23.1 Å². The fourth-order valence-corrected chi connectivity index (χ4v) is 8.57. The van der Waals surface area contributed by atoms with Crippen LogP contribution in [0.25, 0.3) is 0 Å². The van der Waals surface area contributed by atoms with Gasteiger partial charge in [0.15, 0.2) is 16.6 Å². The lowest BCUT2D eigenvalue weighted by atomic mass is 10.0. The first-order valence-corrected chi connectivity index (χ1v) is 23.6. The van der Waals surface area contributed by atoms with Gasteiger partial charge in [0.2, 0.25) is 0 Å². The highest BCUT2D eigenvalue weighted by molar-refractivity contribution is 6.74. The molecule has 0 aliphatic carbocycles. The van der Waals surface area contributed by atoms with Crippen molar-refractivity contribution in [3.8, 4) is 0 Å². The van der Waals surface area contributed by atoms with Crippen LogP contribution >= 0.6 is 0 Å². The monoisotopic (exact) mass is 710 g/mol. The maximum Gasteiger partial charge on any atom is 0.411 e. The summed E-state index contributed by atoms with van der Waals surface area (Å²) in [5.74, 6) is -0.420. The summed E-state index contributed by atoms with van der Waals surface area (Å²) in [6, 6.07) is -1.47. The Morgan fingerprint density at radius 3 is 1.67 bits per heavy atom. The van der Waals surface area contributed by atoms with Crippen LogP contribution in [-0.4, -0.2) is 98.8 Å². The predicted octanol–water partition coefficient (Wildman–Crippen LogP) is 8.42. The summed E-state index contributed by atoms with van der Waals surface area (Å²) in [7, 11) is -4.49. The van der Waals surface area contributed by atoms with Crippen molar-refractivity contribution in [3.63, 3.8) is 0 Å². The minimum Gasteiger partial charge on any atom is -0.453 e. The van der Waals surface area contributed by atoms with Gasteiger partial charge in [-0.3, -0.25) is 9.80 Å². The molecule has 3 aliphatic heterocycles. The van der Waals surface area contributed by atoms with E-state index in [9.17, 15) is 14.4 Å². The van der Waals surface area contributed by atoms with Crippen molar-refractivity contribution in [3.05, 3.63) is 12.2 Å².